The lowest BCUT2D eigenvalue weighted by Crippen LogP contribution is -2.56. The Balaban J connectivity index is 1.52. The van der Waals surface area contributed by atoms with Crippen LogP contribution in [0.4, 0.5) is 0 Å². The summed E-state index contributed by atoms with van der Waals surface area (Å²) in [6.07, 6.45) is 11.4. The summed E-state index contributed by atoms with van der Waals surface area (Å²) in [5.41, 5.74) is 0. The first-order chi connectivity index (χ1) is 9.24. The van der Waals surface area contributed by atoms with Crippen molar-refractivity contribution in [3.05, 3.63) is 0 Å². The quantitative estimate of drug-likeness (QED) is 0.805. The van der Waals surface area contributed by atoms with Gasteiger partial charge in [0.05, 0.1) is 6.04 Å². The first kappa shape index (κ1) is 13.4. The number of amides is 1. The van der Waals surface area contributed by atoms with Gasteiger partial charge in [0.25, 0.3) is 0 Å². The monoisotopic (exact) mass is 264 g/mol. The minimum Gasteiger partial charge on any atom is -0.352 e. The smallest absolute Gasteiger partial charge is 0.237 e. The highest BCUT2D eigenvalue weighted by atomic mass is 16.2. The predicted octanol–water partition coefficient (Wildman–Crippen LogP) is 2.60. The number of carbonyl (C=O) groups excluding carboxylic acids is 1. The van der Waals surface area contributed by atoms with Crippen molar-refractivity contribution >= 4 is 5.91 Å². The van der Waals surface area contributed by atoms with E-state index in [2.05, 4.69) is 17.6 Å². The summed E-state index contributed by atoms with van der Waals surface area (Å²) in [6.45, 7) is 2.27. The Morgan fingerprint density at radius 3 is 2.63 bits per heavy atom. The van der Waals surface area contributed by atoms with Crippen molar-refractivity contribution in [2.24, 2.45) is 11.8 Å². The van der Waals surface area contributed by atoms with Gasteiger partial charge in [0.1, 0.15) is 0 Å². The summed E-state index contributed by atoms with van der Waals surface area (Å²) in [6, 6.07) is 1.12. The molecule has 2 saturated carbocycles. The van der Waals surface area contributed by atoms with Gasteiger partial charge < -0.3 is 10.6 Å². The fourth-order valence-corrected chi connectivity index (χ4v) is 4.35. The van der Waals surface area contributed by atoms with Gasteiger partial charge in [0.2, 0.25) is 5.91 Å². The third-order valence-corrected chi connectivity index (χ3v) is 5.66. The van der Waals surface area contributed by atoms with E-state index in [9.17, 15) is 4.79 Å². The van der Waals surface area contributed by atoms with Crippen molar-refractivity contribution in [2.75, 3.05) is 0 Å². The highest BCUT2D eigenvalue weighted by Gasteiger charge is 2.35. The van der Waals surface area contributed by atoms with Gasteiger partial charge in [-0.2, -0.15) is 0 Å². The summed E-state index contributed by atoms with van der Waals surface area (Å²) >= 11 is 0. The van der Waals surface area contributed by atoms with Gasteiger partial charge in [0.15, 0.2) is 0 Å². The Labute approximate surface area is 116 Å². The van der Waals surface area contributed by atoms with E-state index in [0.717, 1.165) is 12.3 Å². The molecule has 19 heavy (non-hydrogen) atoms. The Morgan fingerprint density at radius 2 is 1.84 bits per heavy atom. The predicted molar refractivity (Wildman–Crippen MR) is 76.8 cm³/mol. The lowest BCUT2D eigenvalue weighted by Gasteiger charge is -2.40. The van der Waals surface area contributed by atoms with Gasteiger partial charge in [-0.15, -0.1) is 0 Å². The van der Waals surface area contributed by atoms with Crippen LogP contribution in [0.15, 0.2) is 0 Å². The molecule has 5 unspecified atom stereocenters. The minimum absolute atomic E-state index is 0.0761. The van der Waals surface area contributed by atoms with Gasteiger partial charge in [-0.05, 0) is 50.4 Å². The molecule has 108 valence electrons. The van der Waals surface area contributed by atoms with Crippen LogP contribution in [0.3, 0.4) is 0 Å². The molecule has 0 aromatic carbocycles. The van der Waals surface area contributed by atoms with Crippen LogP contribution in [0.1, 0.15) is 64.7 Å². The number of fused-ring (bicyclic) bond motifs is 1. The minimum atomic E-state index is 0.0761. The molecule has 2 N–H and O–H groups in total. The molecule has 1 heterocycles. The van der Waals surface area contributed by atoms with E-state index in [1.165, 1.54) is 51.4 Å². The molecule has 0 bridgehead atoms. The summed E-state index contributed by atoms with van der Waals surface area (Å²) in [4.78, 5) is 12.4. The van der Waals surface area contributed by atoms with Crippen LogP contribution in [0.5, 0.6) is 0 Å². The summed E-state index contributed by atoms with van der Waals surface area (Å²) in [7, 11) is 0. The van der Waals surface area contributed by atoms with Gasteiger partial charge >= 0.3 is 0 Å². The third kappa shape index (κ3) is 2.96. The molecule has 3 fully saturated rings. The fourth-order valence-electron chi connectivity index (χ4n) is 4.35. The van der Waals surface area contributed by atoms with E-state index in [0.29, 0.717) is 18.0 Å². The van der Waals surface area contributed by atoms with Crippen LogP contribution in [-0.4, -0.2) is 24.0 Å². The fraction of sp³-hybridized carbons (Fsp3) is 0.938. The van der Waals surface area contributed by atoms with E-state index in [1.54, 1.807) is 0 Å². The zero-order valence-electron chi connectivity index (χ0n) is 12.2. The first-order valence-electron chi connectivity index (χ1n) is 8.30. The average Bonchev–Trinajstić information content (AvgIpc) is 2.84. The summed E-state index contributed by atoms with van der Waals surface area (Å²) in [5.74, 6) is 1.76. The molecule has 0 aromatic rings. The number of hydrogen-bond donors (Lipinski definition) is 2. The van der Waals surface area contributed by atoms with Crippen LogP contribution in [0.25, 0.3) is 0 Å². The second-order valence-electron chi connectivity index (χ2n) is 6.97. The number of rotatable bonds is 2. The van der Waals surface area contributed by atoms with E-state index in [-0.39, 0.29) is 11.9 Å². The number of carbonyl (C=O) groups is 1. The molecule has 1 aliphatic heterocycles. The number of piperidine rings is 1. The first-order valence-corrected chi connectivity index (χ1v) is 8.30. The van der Waals surface area contributed by atoms with Gasteiger partial charge in [0, 0.05) is 12.1 Å². The Hall–Kier alpha value is -0.570. The van der Waals surface area contributed by atoms with Gasteiger partial charge in [-0.25, -0.2) is 0 Å². The van der Waals surface area contributed by atoms with Crippen molar-refractivity contribution in [2.45, 2.75) is 82.8 Å². The van der Waals surface area contributed by atoms with Crippen LogP contribution >= 0.6 is 0 Å². The zero-order valence-corrected chi connectivity index (χ0v) is 12.2. The largest absolute Gasteiger partial charge is 0.352 e. The van der Waals surface area contributed by atoms with Crippen molar-refractivity contribution in [1.82, 2.24) is 10.6 Å². The van der Waals surface area contributed by atoms with E-state index in [4.69, 9.17) is 0 Å². The average molecular weight is 264 g/mol. The molecule has 3 aliphatic rings. The van der Waals surface area contributed by atoms with Crippen LogP contribution in [-0.2, 0) is 4.79 Å². The number of nitrogens with one attached hydrogen (secondary N) is 2. The van der Waals surface area contributed by atoms with Gasteiger partial charge in [-0.3, -0.25) is 4.79 Å². The normalized spacial score (nSPS) is 42.7. The van der Waals surface area contributed by atoms with Crippen LogP contribution in [0, 0.1) is 11.8 Å². The molecule has 0 radical (unpaired) electrons. The molecule has 3 nitrogen and oxygen atoms in total. The second kappa shape index (κ2) is 5.82. The molecule has 1 saturated heterocycles. The molecule has 5 atom stereocenters. The molecule has 2 aliphatic carbocycles. The summed E-state index contributed by atoms with van der Waals surface area (Å²) in [5, 5.41) is 6.92. The maximum absolute atomic E-state index is 12.4. The van der Waals surface area contributed by atoms with Crippen molar-refractivity contribution in [3.8, 4) is 0 Å². The summed E-state index contributed by atoms with van der Waals surface area (Å²) < 4.78 is 0. The molecule has 1 amide bonds. The van der Waals surface area contributed by atoms with Gasteiger partial charge in [-0.1, -0.05) is 26.2 Å². The molecular weight excluding hydrogens is 236 g/mol. The Kier molecular flexibility index (Phi) is 4.11. The lowest BCUT2D eigenvalue weighted by molar-refractivity contribution is -0.125. The SMILES string of the molecule is CC1CCCC1NC(=O)C1CCC2CCCCC2N1. The molecular formula is C16H28N2O. The van der Waals surface area contributed by atoms with E-state index < -0.39 is 0 Å². The number of hydrogen-bond acceptors (Lipinski definition) is 2. The molecule has 0 aromatic heterocycles. The Bertz CT molecular complexity index is 331. The van der Waals surface area contributed by atoms with Crippen LogP contribution < -0.4 is 10.6 Å². The molecule has 3 rings (SSSR count). The molecule has 3 heteroatoms. The van der Waals surface area contributed by atoms with E-state index >= 15 is 0 Å². The van der Waals surface area contributed by atoms with E-state index in [1.807, 2.05) is 0 Å². The van der Waals surface area contributed by atoms with Crippen molar-refractivity contribution < 1.29 is 4.79 Å². The topological polar surface area (TPSA) is 41.1 Å². The standard InChI is InChI=1S/C16H28N2O/c1-11-5-4-8-13(11)18-16(19)15-10-9-12-6-2-3-7-14(12)17-15/h11-15,17H,2-10H2,1H3,(H,18,19). The van der Waals surface area contributed by atoms with Crippen molar-refractivity contribution in [1.29, 1.82) is 0 Å². The molecule has 0 spiro atoms. The Morgan fingerprint density at radius 1 is 1.00 bits per heavy atom. The highest BCUT2D eigenvalue weighted by Crippen LogP contribution is 2.32. The second-order valence-corrected chi connectivity index (χ2v) is 6.97. The zero-order chi connectivity index (χ0) is 13.2. The lowest BCUT2D eigenvalue weighted by atomic mass is 9.77. The third-order valence-electron chi connectivity index (χ3n) is 5.66. The maximum atomic E-state index is 12.4. The maximum Gasteiger partial charge on any atom is 0.237 e. The van der Waals surface area contributed by atoms with Crippen molar-refractivity contribution in [3.63, 3.8) is 0 Å². The van der Waals surface area contributed by atoms with Crippen LogP contribution in [0.2, 0.25) is 0 Å². The highest BCUT2D eigenvalue weighted by molar-refractivity contribution is 5.82.